The number of aryl methyl sites for hydroxylation is 2. The SMILES string of the molecule is Cc1cccc(C)c1-c1cc2nc(n1)NS(=O)(=O)c1cccc(c1)C(=O)N(C1CC(CCCCN(C)C)C1)[C@H](CC(C)C)CO2. The number of ether oxygens (including phenoxy) is 1. The van der Waals surface area contributed by atoms with Crippen LogP contribution in [0.2, 0.25) is 0 Å². The number of carbonyl (C=O) groups is 1. The number of rotatable bonds is 9. The Bertz CT molecular complexity index is 1600. The molecule has 0 unspecified atom stereocenters. The van der Waals surface area contributed by atoms with Crippen LogP contribution in [0.3, 0.4) is 0 Å². The number of anilines is 1. The van der Waals surface area contributed by atoms with Crippen molar-refractivity contribution in [2.24, 2.45) is 11.8 Å². The van der Waals surface area contributed by atoms with Crippen LogP contribution in [-0.2, 0) is 10.0 Å². The zero-order valence-electron chi connectivity index (χ0n) is 27.4. The standard InChI is InChI=1S/C35H47N5O4S/c1-23(2)17-29-22-44-32-21-31(33-24(3)11-9-12-25(33)4)36-35(37-32)38-45(42,43)30-15-10-14-27(20-30)34(41)40(29)28-18-26(19-28)13-7-8-16-39(5)6/h9-12,14-15,20-21,23,26,28-29H,7-8,13,16-19,22H2,1-6H3,(H,36,37,38)/t26?,28?,29-/m1/s1. The number of unbranched alkanes of at least 4 members (excludes halogenated alkanes) is 1. The number of hydrogen-bond acceptors (Lipinski definition) is 7. The quantitative estimate of drug-likeness (QED) is 0.275. The normalized spacial score (nSPS) is 21.3. The van der Waals surface area contributed by atoms with Crippen LogP contribution in [0, 0.1) is 25.7 Å². The van der Waals surface area contributed by atoms with Gasteiger partial charge in [0.25, 0.3) is 15.9 Å². The summed E-state index contributed by atoms with van der Waals surface area (Å²) >= 11 is 0. The number of fused-ring (bicyclic) bond motifs is 4. The minimum absolute atomic E-state index is 0.0103. The molecule has 242 valence electrons. The average molecular weight is 634 g/mol. The summed E-state index contributed by atoms with van der Waals surface area (Å²) < 4.78 is 36.1. The molecule has 0 saturated heterocycles. The number of benzene rings is 2. The molecule has 2 aromatic carbocycles. The minimum Gasteiger partial charge on any atom is -0.475 e. The van der Waals surface area contributed by atoms with Crippen molar-refractivity contribution in [3.63, 3.8) is 0 Å². The van der Waals surface area contributed by atoms with Gasteiger partial charge in [0, 0.05) is 23.2 Å². The van der Waals surface area contributed by atoms with Crippen molar-refractivity contribution in [1.82, 2.24) is 19.8 Å². The summed E-state index contributed by atoms with van der Waals surface area (Å²) in [6, 6.07) is 13.9. The second-order valence-corrected chi connectivity index (χ2v) is 15.1. The van der Waals surface area contributed by atoms with Gasteiger partial charge in [0.05, 0.1) is 16.6 Å². The highest BCUT2D eigenvalue weighted by molar-refractivity contribution is 7.92. The fraction of sp³-hybridized carbons (Fsp3) is 0.514. The van der Waals surface area contributed by atoms with E-state index >= 15 is 0 Å². The fourth-order valence-corrected chi connectivity index (χ4v) is 7.65. The Morgan fingerprint density at radius 1 is 1.02 bits per heavy atom. The summed E-state index contributed by atoms with van der Waals surface area (Å²) in [7, 11) is 0.107. The summed E-state index contributed by atoms with van der Waals surface area (Å²) in [6.45, 7) is 9.62. The summed E-state index contributed by atoms with van der Waals surface area (Å²) in [4.78, 5) is 27.6. The first-order valence-corrected chi connectivity index (χ1v) is 17.6. The predicted molar refractivity (Wildman–Crippen MR) is 178 cm³/mol. The van der Waals surface area contributed by atoms with Gasteiger partial charge in [-0.3, -0.25) is 4.79 Å². The highest BCUT2D eigenvalue weighted by Gasteiger charge is 2.40. The van der Waals surface area contributed by atoms with Crippen LogP contribution in [0.25, 0.3) is 11.3 Å². The Hall–Kier alpha value is -3.50. The third-order valence-corrected chi connectivity index (χ3v) is 10.2. The topological polar surface area (TPSA) is 105 Å². The number of carbonyl (C=O) groups excluding carboxylic acids is 1. The Kier molecular flexibility index (Phi) is 10.1. The molecule has 9 nitrogen and oxygen atoms in total. The lowest BCUT2D eigenvalue weighted by atomic mass is 9.75. The van der Waals surface area contributed by atoms with Crippen LogP contribution in [-0.4, -0.2) is 73.4 Å². The van der Waals surface area contributed by atoms with Gasteiger partial charge in [-0.25, -0.2) is 18.1 Å². The van der Waals surface area contributed by atoms with E-state index in [1.165, 1.54) is 25.0 Å². The number of hydrogen-bond donors (Lipinski definition) is 1. The molecule has 1 amide bonds. The van der Waals surface area contributed by atoms with E-state index in [2.05, 4.69) is 47.5 Å². The predicted octanol–water partition coefficient (Wildman–Crippen LogP) is 6.32. The first kappa shape index (κ1) is 32.9. The van der Waals surface area contributed by atoms with Crippen LogP contribution in [0.1, 0.15) is 73.9 Å². The third-order valence-electron chi connectivity index (χ3n) is 8.92. The van der Waals surface area contributed by atoms with E-state index in [0.717, 1.165) is 48.9 Å². The van der Waals surface area contributed by atoms with E-state index in [4.69, 9.17) is 4.74 Å². The molecule has 10 heteroatoms. The zero-order chi connectivity index (χ0) is 32.3. The molecule has 1 fully saturated rings. The van der Waals surface area contributed by atoms with Crippen LogP contribution in [0.15, 0.2) is 53.4 Å². The molecule has 1 aromatic heterocycles. The van der Waals surface area contributed by atoms with E-state index in [9.17, 15) is 13.2 Å². The van der Waals surface area contributed by atoms with E-state index in [0.29, 0.717) is 23.1 Å². The van der Waals surface area contributed by atoms with Gasteiger partial charge < -0.3 is 14.5 Å². The van der Waals surface area contributed by atoms with Crippen molar-refractivity contribution in [3.05, 3.63) is 65.2 Å². The van der Waals surface area contributed by atoms with Gasteiger partial charge in [0.2, 0.25) is 11.8 Å². The lowest BCUT2D eigenvalue weighted by molar-refractivity contribution is 0.0128. The van der Waals surface area contributed by atoms with E-state index in [-0.39, 0.29) is 41.3 Å². The van der Waals surface area contributed by atoms with Gasteiger partial charge in [0.15, 0.2) is 0 Å². The molecular formula is C35H47N5O4S. The molecule has 1 aliphatic carbocycles. The van der Waals surface area contributed by atoms with Gasteiger partial charge in [-0.15, -0.1) is 0 Å². The lowest BCUT2D eigenvalue weighted by Gasteiger charge is -2.47. The molecule has 3 aromatic rings. The molecule has 45 heavy (non-hydrogen) atoms. The number of sulfonamides is 1. The van der Waals surface area contributed by atoms with Gasteiger partial charge >= 0.3 is 0 Å². The van der Waals surface area contributed by atoms with Gasteiger partial charge in [-0.1, -0.05) is 51.0 Å². The smallest absolute Gasteiger partial charge is 0.264 e. The molecule has 0 spiro atoms. The van der Waals surface area contributed by atoms with Gasteiger partial charge in [-0.05, 0) is 101 Å². The monoisotopic (exact) mass is 633 g/mol. The molecule has 5 rings (SSSR count). The maximum atomic E-state index is 14.3. The summed E-state index contributed by atoms with van der Waals surface area (Å²) in [5.41, 5.74) is 3.84. The Balaban J connectivity index is 1.53. The van der Waals surface area contributed by atoms with Gasteiger partial charge in [-0.2, -0.15) is 4.98 Å². The Morgan fingerprint density at radius 2 is 1.73 bits per heavy atom. The van der Waals surface area contributed by atoms with Crippen LogP contribution in [0.4, 0.5) is 5.95 Å². The molecular weight excluding hydrogens is 586 g/mol. The van der Waals surface area contributed by atoms with E-state index < -0.39 is 10.0 Å². The first-order chi connectivity index (χ1) is 21.4. The number of nitrogens with zero attached hydrogens (tertiary/aromatic N) is 4. The van der Waals surface area contributed by atoms with Crippen molar-refractivity contribution < 1.29 is 17.9 Å². The lowest BCUT2D eigenvalue weighted by Crippen LogP contribution is -2.55. The highest BCUT2D eigenvalue weighted by Crippen LogP contribution is 2.38. The van der Waals surface area contributed by atoms with Crippen molar-refractivity contribution in [3.8, 4) is 17.1 Å². The number of amides is 1. The molecule has 1 atom stereocenters. The largest absolute Gasteiger partial charge is 0.475 e. The molecule has 2 aliphatic rings. The van der Waals surface area contributed by atoms with Crippen LogP contribution < -0.4 is 9.46 Å². The number of aromatic nitrogens is 2. The average Bonchev–Trinajstić information content (AvgIpc) is 2.95. The maximum Gasteiger partial charge on any atom is 0.264 e. The molecule has 1 aliphatic heterocycles. The maximum absolute atomic E-state index is 14.3. The molecule has 2 heterocycles. The zero-order valence-corrected chi connectivity index (χ0v) is 28.2. The van der Waals surface area contributed by atoms with Crippen molar-refractivity contribution in [2.75, 3.05) is 32.0 Å². The Labute approximate surface area is 268 Å². The summed E-state index contributed by atoms with van der Waals surface area (Å²) in [5.74, 6) is 0.918. The molecule has 1 N–H and O–H groups in total. The third kappa shape index (κ3) is 7.84. The van der Waals surface area contributed by atoms with Crippen molar-refractivity contribution in [1.29, 1.82) is 0 Å². The summed E-state index contributed by atoms with van der Waals surface area (Å²) in [5, 5.41) is 0. The highest BCUT2D eigenvalue weighted by atomic mass is 32.2. The van der Waals surface area contributed by atoms with E-state index in [1.807, 2.05) is 36.9 Å². The molecule has 4 bridgehead atoms. The van der Waals surface area contributed by atoms with Crippen LogP contribution in [0.5, 0.6) is 5.88 Å². The molecule has 0 radical (unpaired) electrons. The van der Waals surface area contributed by atoms with Crippen LogP contribution >= 0.6 is 0 Å². The second kappa shape index (κ2) is 13.9. The second-order valence-electron chi connectivity index (χ2n) is 13.4. The van der Waals surface area contributed by atoms with E-state index in [1.54, 1.807) is 18.2 Å². The number of nitrogens with one attached hydrogen (secondary N) is 1. The van der Waals surface area contributed by atoms with Crippen molar-refractivity contribution in [2.45, 2.75) is 83.2 Å². The van der Waals surface area contributed by atoms with Gasteiger partial charge in [0.1, 0.15) is 6.61 Å². The molecule has 1 saturated carbocycles. The fourth-order valence-electron chi connectivity index (χ4n) is 6.66. The first-order valence-electron chi connectivity index (χ1n) is 16.1. The van der Waals surface area contributed by atoms with Crippen molar-refractivity contribution >= 4 is 21.9 Å². The summed E-state index contributed by atoms with van der Waals surface area (Å²) in [6.07, 6.45) is 6.12. The minimum atomic E-state index is -4.10. The Morgan fingerprint density at radius 3 is 2.42 bits per heavy atom.